The zero-order chi connectivity index (χ0) is 15.6. The summed E-state index contributed by atoms with van der Waals surface area (Å²) in [5, 5.41) is 0. The van der Waals surface area contributed by atoms with Gasteiger partial charge in [-0.15, -0.1) is 0 Å². The largest absolute Gasteiger partial charge is 0.744 e. The molecule has 2 fully saturated rings. The molecular formula is C16H25NO3S. The van der Waals surface area contributed by atoms with Crippen molar-refractivity contribution >= 4 is 10.1 Å². The standard InChI is InChI=1S/C9H17N.C7H8O3S/c1-6(10)9-5-7-2-3-8(9)4-7;1-6-2-4-7(5-3-6)11(8,9)10/h6-9H,2-5,10H2,1H3;2-5H,1H3,(H,8,9,10). The highest BCUT2D eigenvalue weighted by atomic mass is 32.2. The van der Waals surface area contributed by atoms with E-state index >= 15 is 0 Å². The maximum Gasteiger partial charge on any atom is 0.124 e. The normalized spacial score (nSPS) is 28.9. The number of hydrogen-bond acceptors (Lipinski definition) is 3. The lowest BCUT2D eigenvalue weighted by Crippen LogP contribution is -2.63. The Morgan fingerprint density at radius 3 is 2.14 bits per heavy atom. The van der Waals surface area contributed by atoms with E-state index in [0.717, 1.165) is 23.3 Å². The van der Waals surface area contributed by atoms with Gasteiger partial charge in [0, 0.05) is 5.92 Å². The van der Waals surface area contributed by atoms with Gasteiger partial charge in [-0.1, -0.05) is 24.1 Å². The first kappa shape index (κ1) is 16.5. The van der Waals surface area contributed by atoms with E-state index in [0.29, 0.717) is 6.04 Å². The SMILES string of the molecule is CC([NH3+])C1CC2CCC1C2.Cc1ccc(S(=O)(=O)[O-])cc1. The van der Waals surface area contributed by atoms with E-state index in [9.17, 15) is 13.0 Å². The minimum absolute atomic E-state index is 0.178. The Balaban J connectivity index is 0.000000154. The first-order valence-corrected chi connectivity index (χ1v) is 9.04. The molecule has 118 valence electrons. The summed E-state index contributed by atoms with van der Waals surface area (Å²) >= 11 is 0. The molecule has 0 saturated heterocycles. The van der Waals surface area contributed by atoms with Crippen molar-refractivity contribution in [1.82, 2.24) is 0 Å². The molecule has 0 amide bonds. The number of aryl methyl sites for hydroxylation is 1. The molecular weight excluding hydrogens is 286 g/mol. The lowest BCUT2D eigenvalue weighted by Gasteiger charge is -2.22. The molecule has 2 saturated carbocycles. The van der Waals surface area contributed by atoms with E-state index in [-0.39, 0.29) is 4.90 Å². The highest BCUT2D eigenvalue weighted by molar-refractivity contribution is 7.85. The molecule has 4 atom stereocenters. The van der Waals surface area contributed by atoms with Gasteiger partial charge in [-0.3, -0.25) is 0 Å². The van der Waals surface area contributed by atoms with Crippen molar-refractivity contribution in [3.8, 4) is 0 Å². The predicted molar refractivity (Wildman–Crippen MR) is 80.4 cm³/mol. The monoisotopic (exact) mass is 311 g/mol. The average molecular weight is 311 g/mol. The summed E-state index contributed by atoms with van der Waals surface area (Å²) in [4.78, 5) is -0.178. The first-order chi connectivity index (χ1) is 9.77. The van der Waals surface area contributed by atoms with Crippen LogP contribution in [0.15, 0.2) is 29.2 Å². The summed E-state index contributed by atoms with van der Waals surface area (Å²) in [7, 11) is -4.27. The Morgan fingerprint density at radius 2 is 1.81 bits per heavy atom. The molecule has 2 aliphatic rings. The summed E-state index contributed by atoms with van der Waals surface area (Å²) in [5.41, 5.74) is 5.07. The molecule has 21 heavy (non-hydrogen) atoms. The maximum absolute atomic E-state index is 10.4. The quantitative estimate of drug-likeness (QED) is 0.847. The van der Waals surface area contributed by atoms with Crippen LogP contribution in [-0.4, -0.2) is 19.0 Å². The first-order valence-electron chi connectivity index (χ1n) is 7.63. The van der Waals surface area contributed by atoms with Crippen LogP contribution < -0.4 is 5.73 Å². The smallest absolute Gasteiger partial charge is 0.124 e. The van der Waals surface area contributed by atoms with Crippen LogP contribution in [0.1, 0.15) is 38.2 Å². The third-order valence-electron chi connectivity index (χ3n) is 4.83. The van der Waals surface area contributed by atoms with Crippen LogP contribution >= 0.6 is 0 Å². The molecule has 1 aromatic carbocycles. The van der Waals surface area contributed by atoms with Crippen molar-refractivity contribution in [2.24, 2.45) is 17.8 Å². The summed E-state index contributed by atoms with van der Waals surface area (Å²) in [6, 6.07) is 6.49. The summed E-state index contributed by atoms with van der Waals surface area (Å²) < 4.78 is 31.2. The second-order valence-electron chi connectivity index (χ2n) is 6.58. The topological polar surface area (TPSA) is 84.8 Å². The van der Waals surface area contributed by atoms with E-state index < -0.39 is 10.1 Å². The van der Waals surface area contributed by atoms with Crippen LogP contribution in [0, 0.1) is 24.7 Å². The summed E-state index contributed by atoms with van der Waals surface area (Å²) in [5.74, 6) is 3.15. The third kappa shape index (κ3) is 4.28. The molecule has 2 aliphatic carbocycles. The lowest BCUT2D eigenvalue weighted by atomic mass is 9.84. The van der Waals surface area contributed by atoms with Crippen molar-refractivity contribution in [3.05, 3.63) is 29.8 Å². The molecule has 0 heterocycles. The molecule has 3 N–H and O–H groups in total. The van der Waals surface area contributed by atoms with Gasteiger partial charge in [0.15, 0.2) is 0 Å². The van der Waals surface area contributed by atoms with Crippen LogP contribution in [0.2, 0.25) is 0 Å². The Kier molecular flexibility index (Phi) is 5.07. The van der Waals surface area contributed by atoms with Crippen LogP contribution in [0.5, 0.6) is 0 Å². The molecule has 0 aliphatic heterocycles. The number of quaternary nitrogens is 1. The second kappa shape index (κ2) is 6.46. The van der Waals surface area contributed by atoms with Gasteiger partial charge in [-0.25, -0.2) is 8.42 Å². The van der Waals surface area contributed by atoms with Gasteiger partial charge in [-0.2, -0.15) is 0 Å². The zero-order valence-corrected chi connectivity index (χ0v) is 13.6. The fourth-order valence-electron chi connectivity index (χ4n) is 3.70. The molecule has 3 rings (SSSR count). The van der Waals surface area contributed by atoms with E-state index in [2.05, 4.69) is 12.7 Å². The molecule has 0 spiro atoms. The molecule has 0 radical (unpaired) electrons. The molecule has 0 aromatic heterocycles. The van der Waals surface area contributed by atoms with E-state index in [1.54, 1.807) is 12.1 Å². The van der Waals surface area contributed by atoms with E-state index in [4.69, 9.17) is 0 Å². The molecule has 1 aromatic rings. The minimum atomic E-state index is -4.27. The average Bonchev–Trinajstić information content (AvgIpc) is 3.01. The van der Waals surface area contributed by atoms with Crippen molar-refractivity contribution in [2.45, 2.75) is 50.5 Å². The van der Waals surface area contributed by atoms with Crippen molar-refractivity contribution < 1.29 is 18.7 Å². The summed E-state index contributed by atoms with van der Waals surface area (Å²) in [6.45, 7) is 4.10. The Morgan fingerprint density at radius 1 is 1.19 bits per heavy atom. The van der Waals surface area contributed by atoms with Gasteiger partial charge in [-0.05, 0) is 57.1 Å². The lowest BCUT2D eigenvalue weighted by molar-refractivity contribution is -0.430. The Hall–Kier alpha value is -0.910. The zero-order valence-electron chi connectivity index (χ0n) is 12.8. The third-order valence-corrected chi connectivity index (χ3v) is 5.68. The van der Waals surface area contributed by atoms with Crippen LogP contribution in [0.4, 0.5) is 0 Å². The Bertz CT molecular complexity index is 566. The van der Waals surface area contributed by atoms with Gasteiger partial charge in [0.25, 0.3) is 0 Å². The molecule has 5 heteroatoms. The number of benzene rings is 1. The van der Waals surface area contributed by atoms with Crippen molar-refractivity contribution in [2.75, 3.05) is 0 Å². The van der Waals surface area contributed by atoms with E-state index in [1.165, 1.54) is 37.8 Å². The fraction of sp³-hybridized carbons (Fsp3) is 0.625. The van der Waals surface area contributed by atoms with Crippen LogP contribution in [0.3, 0.4) is 0 Å². The molecule has 4 unspecified atom stereocenters. The van der Waals surface area contributed by atoms with Gasteiger partial charge in [0.2, 0.25) is 0 Å². The van der Waals surface area contributed by atoms with Crippen LogP contribution in [0.25, 0.3) is 0 Å². The second-order valence-corrected chi connectivity index (χ2v) is 7.96. The predicted octanol–water partition coefficient (Wildman–Crippen LogP) is 1.95. The van der Waals surface area contributed by atoms with Crippen molar-refractivity contribution in [3.63, 3.8) is 0 Å². The maximum atomic E-state index is 10.4. The molecule has 2 bridgehead atoms. The fourth-order valence-corrected chi connectivity index (χ4v) is 4.17. The highest BCUT2D eigenvalue weighted by Gasteiger charge is 2.42. The van der Waals surface area contributed by atoms with E-state index in [1.807, 2.05) is 6.92 Å². The van der Waals surface area contributed by atoms with Gasteiger partial charge in [0.1, 0.15) is 10.1 Å². The van der Waals surface area contributed by atoms with Gasteiger partial charge < -0.3 is 10.3 Å². The number of hydrogen-bond donors (Lipinski definition) is 1. The van der Waals surface area contributed by atoms with Gasteiger partial charge in [0.05, 0.1) is 10.9 Å². The highest BCUT2D eigenvalue weighted by Crippen LogP contribution is 2.48. The molecule has 4 nitrogen and oxygen atoms in total. The number of rotatable bonds is 2. The Labute approximate surface area is 127 Å². The minimum Gasteiger partial charge on any atom is -0.744 e. The van der Waals surface area contributed by atoms with Gasteiger partial charge >= 0.3 is 0 Å². The van der Waals surface area contributed by atoms with Crippen LogP contribution in [-0.2, 0) is 10.1 Å². The van der Waals surface area contributed by atoms with Crippen molar-refractivity contribution in [1.29, 1.82) is 0 Å². The number of fused-ring (bicyclic) bond motifs is 2. The summed E-state index contributed by atoms with van der Waals surface area (Å²) in [6.07, 6.45) is 6.06.